The Kier molecular flexibility index (Phi) is 4.69. The number of aromatic nitrogens is 1. The fraction of sp³-hybridized carbons (Fsp3) is 0.312. The molecule has 20 heavy (non-hydrogen) atoms. The first-order valence-corrected chi connectivity index (χ1v) is 6.80. The Morgan fingerprint density at radius 3 is 2.70 bits per heavy atom. The van der Waals surface area contributed by atoms with Gasteiger partial charge in [0.25, 0.3) is 0 Å². The molecule has 4 heteroatoms. The highest BCUT2D eigenvalue weighted by Crippen LogP contribution is 2.23. The van der Waals surface area contributed by atoms with Crippen molar-refractivity contribution < 1.29 is 4.39 Å². The molecule has 106 valence electrons. The topological polar surface area (TPSA) is 28.2 Å². The van der Waals surface area contributed by atoms with Crippen LogP contribution in [0.15, 0.2) is 42.6 Å². The maximum absolute atomic E-state index is 13.2. The molecule has 2 rings (SSSR count). The van der Waals surface area contributed by atoms with E-state index in [1.165, 1.54) is 12.1 Å². The molecule has 0 saturated heterocycles. The van der Waals surface area contributed by atoms with Gasteiger partial charge in [-0.2, -0.15) is 0 Å². The van der Waals surface area contributed by atoms with Crippen molar-refractivity contribution >= 4 is 11.5 Å². The maximum atomic E-state index is 13.2. The Morgan fingerprint density at radius 2 is 2.10 bits per heavy atom. The summed E-state index contributed by atoms with van der Waals surface area (Å²) >= 11 is 0. The predicted molar refractivity (Wildman–Crippen MR) is 80.8 cm³/mol. The number of pyridine rings is 1. The lowest BCUT2D eigenvalue weighted by atomic mass is 10.1. The minimum absolute atomic E-state index is 0.244. The molecular formula is C16H20FN3. The van der Waals surface area contributed by atoms with Crippen LogP contribution in [0.5, 0.6) is 0 Å². The average molecular weight is 273 g/mol. The summed E-state index contributed by atoms with van der Waals surface area (Å²) in [5, 5.41) is 3.35. The summed E-state index contributed by atoms with van der Waals surface area (Å²) in [7, 11) is 1.88. The second kappa shape index (κ2) is 6.48. The molecule has 1 heterocycles. The van der Waals surface area contributed by atoms with Crippen molar-refractivity contribution in [3.63, 3.8) is 0 Å². The van der Waals surface area contributed by atoms with Crippen LogP contribution < -0.4 is 10.2 Å². The van der Waals surface area contributed by atoms with Gasteiger partial charge in [-0.05, 0) is 43.3 Å². The molecule has 0 aliphatic rings. The van der Waals surface area contributed by atoms with E-state index in [1.54, 1.807) is 6.07 Å². The lowest BCUT2D eigenvalue weighted by Crippen LogP contribution is -2.18. The van der Waals surface area contributed by atoms with E-state index in [9.17, 15) is 4.39 Å². The third kappa shape index (κ3) is 3.33. The van der Waals surface area contributed by atoms with E-state index in [0.717, 1.165) is 23.6 Å². The van der Waals surface area contributed by atoms with Crippen LogP contribution in [-0.2, 0) is 0 Å². The van der Waals surface area contributed by atoms with Gasteiger partial charge in [-0.1, -0.05) is 19.1 Å². The first-order chi connectivity index (χ1) is 9.61. The highest BCUT2D eigenvalue weighted by molar-refractivity contribution is 5.58. The van der Waals surface area contributed by atoms with Gasteiger partial charge in [-0.3, -0.25) is 0 Å². The maximum Gasteiger partial charge on any atom is 0.132 e. The van der Waals surface area contributed by atoms with Crippen LogP contribution >= 0.6 is 0 Å². The van der Waals surface area contributed by atoms with Crippen molar-refractivity contribution in [3.8, 4) is 0 Å². The third-order valence-corrected chi connectivity index (χ3v) is 3.32. The Hall–Kier alpha value is -1.94. The van der Waals surface area contributed by atoms with Crippen molar-refractivity contribution in [3.05, 3.63) is 54.0 Å². The number of rotatable bonds is 5. The first-order valence-electron chi connectivity index (χ1n) is 6.80. The molecule has 1 aromatic heterocycles. The molecule has 1 aromatic carbocycles. The van der Waals surface area contributed by atoms with Gasteiger partial charge in [0.2, 0.25) is 0 Å². The van der Waals surface area contributed by atoms with Gasteiger partial charge in [0, 0.05) is 25.0 Å². The van der Waals surface area contributed by atoms with E-state index in [4.69, 9.17) is 0 Å². The molecule has 3 nitrogen and oxygen atoms in total. The molecule has 0 aliphatic carbocycles. The summed E-state index contributed by atoms with van der Waals surface area (Å²) < 4.78 is 13.2. The number of halogens is 1. The lowest BCUT2D eigenvalue weighted by molar-refractivity contribution is 0.596. The van der Waals surface area contributed by atoms with Crippen LogP contribution in [-0.4, -0.2) is 18.6 Å². The van der Waals surface area contributed by atoms with Gasteiger partial charge in [-0.25, -0.2) is 9.37 Å². The van der Waals surface area contributed by atoms with Crippen LogP contribution in [0.2, 0.25) is 0 Å². The number of nitrogens with zero attached hydrogens (tertiary/aromatic N) is 2. The van der Waals surface area contributed by atoms with E-state index in [1.807, 2.05) is 36.3 Å². The van der Waals surface area contributed by atoms with Crippen LogP contribution in [0.4, 0.5) is 15.9 Å². The average Bonchev–Trinajstić information content (AvgIpc) is 2.47. The largest absolute Gasteiger partial charge is 0.329 e. The smallest absolute Gasteiger partial charge is 0.132 e. The van der Waals surface area contributed by atoms with Crippen LogP contribution in [0.1, 0.15) is 25.5 Å². The zero-order valence-electron chi connectivity index (χ0n) is 12.1. The van der Waals surface area contributed by atoms with Crippen molar-refractivity contribution in [2.24, 2.45) is 0 Å². The standard InChI is InChI=1S/C16H20FN3/c1-4-18-12(2)13-8-9-16(19-11-13)20(3)15-7-5-6-14(17)10-15/h5-12,18H,4H2,1-3H3. The molecule has 0 saturated carbocycles. The molecule has 1 atom stereocenters. The van der Waals surface area contributed by atoms with Crippen LogP contribution in [0.25, 0.3) is 0 Å². The molecule has 0 bridgehead atoms. The van der Waals surface area contributed by atoms with Gasteiger partial charge in [0.15, 0.2) is 0 Å². The van der Waals surface area contributed by atoms with E-state index in [2.05, 4.69) is 24.1 Å². The summed E-state index contributed by atoms with van der Waals surface area (Å²) in [6.45, 7) is 5.11. The Labute approximate surface area is 119 Å². The second-order valence-electron chi connectivity index (χ2n) is 4.77. The molecular weight excluding hydrogens is 253 g/mol. The van der Waals surface area contributed by atoms with Gasteiger partial charge >= 0.3 is 0 Å². The first kappa shape index (κ1) is 14.5. The van der Waals surface area contributed by atoms with E-state index in [0.29, 0.717) is 0 Å². The number of anilines is 2. The molecule has 1 N–H and O–H groups in total. The SMILES string of the molecule is CCNC(C)c1ccc(N(C)c2cccc(F)c2)nc1. The molecule has 0 amide bonds. The minimum Gasteiger partial charge on any atom is -0.329 e. The highest BCUT2D eigenvalue weighted by atomic mass is 19.1. The highest BCUT2D eigenvalue weighted by Gasteiger charge is 2.08. The molecule has 0 spiro atoms. The van der Waals surface area contributed by atoms with Crippen molar-refractivity contribution in [2.75, 3.05) is 18.5 Å². The monoisotopic (exact) mass is 273 g/mol. The van der Waals surface area contributed by atoms with Crippen molar-refractivity contribution in [1.82, 2.24) is 10.3 Å². The zero-order chi connectivity index (χ0) is 14.5. The van der Waals surface area contributed by atoms with Crippen molar-refractivity contribution in [1.29, 1.82) is 0 Å². The third-order valence-electron chi connectivity index (χ3n) is 3.32. The molecule has 1 unspecified atom stereocenters. The van der Waals surface area contributed by atoms with Gasteiger partial charge in [0.05, 0.1) is 0 Å². The number of hydrogen-bond acceptors (Lipinski definition) is 3. The fourth-order valence-electron chi connectivity index (χ4n) is 2.09. The van der Waals surface area contributed by atoms with Crippen LogP contribution in [0, 0.1) is 5.82 Å². The fourth-order valence-corrected chi connectivity index (χ4v) is 2.09. The second-order valence-corrected chi connectivity index (χ2v) is 4.77. The summed E-state index contributed by atoms with van der Waals surface area (Å²) in [6.07, 6.45) is 1.86. The quantitative estimate of drug-likeness (QED) is 0.901. The minimum atomic E-state index is -0.244. The Balaban J connectivity index is 2.17. The number of nitrogens with one attached hydrogen (secondary N) is 1. The van der Waals surface area contributed by atoms with E-state index < -0.39 is 0 Å². The normalized spacial score (nSPS) is 12.2. The predicted octanol–water partition coefficient (Wildman–Crippen LogP) is 3.66. The summed E-state index contributed by atoms with van der Waals surface area (Å²) in [5.74, 6) is 0.551. The van der Waals surface area contributed by atoms with Gasteiger partial charge in [0.1, 0.15) is 11.6 Å². The van der Waals surface area contributed by atoms with Crippen LogP contribution in [0.3, 0.4) is 0 Å². The van der Waals surface area contributed by atoms with Gasteiger partial charge < -0.3 is 10.2 Å². The summed E-state index contributed by atoms with van der Waals surface area (Å²) in [6, 6.07) is 10.8. The summed E-state index contributed by atoms with van der Waals surface area (Å²) in [5.41, 5.74) is 1.92. The molecule has 0 fully saturated rings. The van der Waals surface area contributed by atoms with Crippen molar-refractivity contribution in [2.45, 2.75) is 19.9 Å². The van der Waals surface area contributed by atoms with Gasteiger partial charge in [-0.15, -0.1) is 0 Å². The number of hydrogen-bond donors (Lipinski definition) is 1. The zero-order valence-corrected chi connectivity index (χ0v) is 12.1. The van der Waals surface area contributed by atoms with E-state index >= 15 is 0 Å². The van der Waals surface area contributed by atoms with E-state index in [-0.39, 0.29) is 11.9 Å². The molecule has 2 aromatic rings. The molecule has 0 radical (unpaired) electrons. The molecule has 0 aliphatic heterocycles. The Bertz CT molecular complexity index is 554. The Morgan fingerprint density at radius 1 is 1.30 bits per heavy atom. The lowest BCUT2D eigenvalue weighted by Gasteiger charge is -2.19. The number of benzene rings is 1. The summed E-state index contributed by atoms with van der Waals surface area (Å²) in [4.78, 5) is 6.32.